The molecule has 5 heteroatoms. The number of carbonyl (C=O) groups is 1. The summed E-state index contributed by atoms with van der Waals surface area (Å²) in [6.07, 6.45) is 4.60. The average molecular weight is 252 g/mol. The first-order valence-corrected chi connectivity index (χ1v) is 6.55. The lowest BCUT2D eigenvalue weighted by atomic mass is 10.1. The zero-order valence-corrected chi connectivity index (χ0v) is 10.6. The largest absolute Gasteiger partial charge is 0.478 e. The van der Waals surface area contributed by atoms with Gasteiger partial charge in [0, 0.05) is 30.3 Å². The number of hydrogen-bond acceptors (Lipinski definition) is 4. The Morgan fingerprint density at radius 1 is 1.76 bits per heavy atom. The summed E-state index contributed by atoms with van der Waals surface area (Å²) < 4.78 is 0. The van der Waals surface area contributed by atoms with E-state index >= 15 is 0 Å². The molecule has 1 aliphatic heterocycles. The summed E-state index contributed by atoms with van der Waals surface area (Å²) in [7, 11) is 2.13. The van der Waals surface area contributed by atoms with Crippen LogP contribution >= 0.6 is 11.3 Å². The zero-order chi connectivity index (χ0) is 12.3. The maximum atomic E-state index is 10.3. The number of rotatable bonds is 4. The minimum atomic E-state index is -0.904. The van der Waals surface area contributed by atoms with Crippen LogP contribution in [0.4, 0.5) is 0 Å². The third-order valence-electron chi connectivity index (χ3n) is 2.93. The van der Waals surface area contributed by atoms with E-state index in [9.17, 15) is 4.79 Å². The highest BCUT2D eigenvalue weighted by Gasteiger charge is 2.22. The van der Waals surface area contributed by atoms with E-state index in [0.29, 0.717) is 12.3 Å². The number of nitrogens with zero attached hydrogens (tertiary/aromatic N) is 2. The Balaban J connectivity index is 1.94. The number of likely N-dealkylation sites (N-methyl/N-ethyl adjacent to an activating group) is 1. The van der Waals surface area contributed by atoms with Gasteiger partial charge in [0.25, 0.3) is 0 Å². The highest BCUT2D eigenvalue weighted by Crippen LogP contribution is 2.27. The summed E-state index contributed by atoms with van der Waals surface area (Å²) in [5, 5.41) is 11.6. The van der Waals surface area contributed by atoms with Crippen molar-refractivity contribution in [2.24, 2.45) is 0 Å². The van der Waals surface area contributed by atoms with E-state index in [0.717, 1.165) is 23.8 Å². The van der Waals surface area contributed by atoms with Gasteiger partial charge in [0.2, 0.25) is 0 Å². The van der Waals surface area contributed by atoms with Crippen LogP contribution in [0, 0.1) is 0 Å². The van der Waals surface area contributed by atoms with Gasteiger partial charge in [0.05, 0.1) is 10.7 Å². The van der Waals surface area contributed by atoms with Crippen molar-refractivity contribution in [3.63, 3.8) is 0 Å². The monoisotopic (exact) mass is 252 g/mol. The summed E-state index contributed by atoms with van der Waals surface area (Å²) >= 11 is 1.62. The third-order valence-corrected chi connectivity index (χ3v) is 3.82. The lowest BCUT2D eigenvalue weighted by molar-refractivity contribution is -0.131. The van der Waals surface area contributed by atoms with E-state index in [1.807, 2.05) is 0 Å². The van der Waals surface area contributed by atoms with Gasteiger partial charge in [-0.25, -0.2) is 9.78 Å². The number of carboxylic acid groups (broad SMARTS) is 1. The predicted octanol–water partition coefficient (Wildman–Crippen LogP) is 1.75. The molecule has 0 aliphatic carbocycles. The molecule has 2 rings (SSSR count). The van der Waals surface area contributed by atoms with E-state index in [-0.39, 0.29) is 0 Å². The topological polar surface area (TPSA) is 53.4 Å². The molecule has 92 valence electrons. The molecule has 1 atom stereocenters. The van der Waals surface area contributed by atoms with Crippen LogP contribution in [-0.4, -0.2) is 41.1 Å². The molecule has 2 heterocycles. The second kappa shape index (κ2) is 5.42. The summed E-state index contributed by atoms with van der Waals surface area (Å²) in [6.45, 7) is 2.21. The average Bonchev–Trinajstić information content (AvgIpc) is 2.86. The first-order chi connectivity index (χ1) is 8.15. The summed E-state index contributed by atoms with van der Waals surface area (Å²) in [5.74, 6) is -0.354. The van der Waals surface area contributed by atoms with Gasteiger partial charge in [0.1, 0.15) is 0 Å². The predicted molar refractivity (Wildman–Crippen MR) is 67.4 cm³/mol. The molecule has 17 heavy (non-hydrogen) atoms. The van der Waals surface area contributed by atoms with Gasteiger partial charge in [-0.3, -0.25) is 0 Å². The molecule has 1 aromatic rings. The van der Waals surface area contributed by atoms with Crippen LogP contribution < -0.4 is 0 Å². The zero-order valence-electron chi connectivity index (χ0n) is 9.80. The minimum Gasteiger partial charge on any atom is -0.478 e. The lowest BCUT2D eigenvalue weighted by Crippen LogP contribution is -2.13. The first-order valence-electron chi connectivity index (χ1n) is 5.67. The van der Waals surface area contributed by atoms with Crippen molar-refractivity contribution in [1.82, 2.24) is 9.88 Å². The molecule has 1 aromatic heterocycles. The van der Waals surface area contributed by atoms with Crippen molar-refractivity contribution in [1.29, 1.82) is 0 Å². The molecule has 1 N–H and O–H groups in total. The van der Waals surface area contributed by atoms with Crippen LogP contribution in [0.2, 0.25) is 0 Å². The normalized spacial score (nSPS) is 21.4. The highest BCUT2D eigenvalue weighted by atomic mass is 32.1. The third kappa shape index (κ3) is 3.38. The fraction of sp³-hybridized carbons (Fsp3) is 0.500. The van der Waals surface area contributed by atoms with Crippen molar-refractivity contribution in [3.05, 3.63) is 28.2 Å². The first kappa shape index (κ1) is 12.3. The van der Waals surface area contributed by atoms with Crippen LogP contribution in [0.5, 0.6) is 0 Å². The van der Waals surface area contributed by atoms with E-state index in [1.165, 1.54) is 12.5 Å². The molecule has 0 spiro atoms. The number of allylic oxidation sites excluding steroid dienone is 1. The molecule has 1 fully saturated rings. The van der Waals surface area contributed by atoms with Crippen molar-refractivity contribution in [2.45, 2.75) is 18.8 Å². The quantitative estimate of drug-likeness (QED) is 0.829. The standard InChI is InChI=1S/C12H16N2O2S/c1-14-6-5-9(7-14)10-8-17-11(13-10)3-2-4-12(15)16/h2,4,8-9H,3,5-7H2,1H3,(H,15,16)/b4-2+. The van der Waals surface area contributed by atoms with Gasteiger partial charge in [-0.05, 0) is 20.0 Å². The van der Waals surface area contributed by atoms with E-state index in [4.69, 9.17) is 5.11 Å². The van der Waals surface area contributed by atoms with Crippen molar-refractivity contribution >= 4 is 17.3 Å². The molecule has 0 aromatic carbocycles. The van der Waals surface area contributed by atoms with Crippen molar-refractivity contribution in [2.75, 3.05) is 20.1 Å². The highest BCUT2D eigenvalue weighted by molar-refractivity contribution is 7.09. The Labute approximate surface area is 105 Å². The minimum absolute atomic E-state index is 0.549. The molecule has 4 nitrogen and oxygen atoms in total. The van der Waals surface area contributed by atoms with Gasteiger partial charge < -0.3 is 10.0 Å². The van der Waals surface area contributed by atoms with Gasteiger partial charge in [-0.1, -0.05) is 6.08 Å². The molecular weight excluding hydrogens is 236 g/mol. The maximum Gasteiger partial charge on any atom is 0.327 e. The molecular formula is C12H16N2O2S. The van der Waals surface area contributed by atoms with Crippen molar-refractivity contribution in [3.8, 4) is 0 Å². The van der Waals surface area contributed by atoms with Crippen LogP contribution in [-0.2, 0) is 11.2 Å². The van der Waals surface area contributed by atoms with Gasteiger partial charge >= 0.3 is 5.97 Å². The Morgan fingerprint density at radius 3 is 3.24 bits per heavy atom. The molecule has 1 saturated heterocycles. The molecule has 1 aliphatic rings. The Morgan fingerprint density at radius 2 is 2.59 bits per heavy atom. The fourth-order valence-corrected chi connectivity index (χ4v) is 2.90. The second-order valence-corrected chi connectivity index (χ2v) is 5.30. The Kier molecular flexibility index (Phi) is 3.91. The van der Waals surface area contributed by atoms with E-state index < -0.39 is 5.97 Å². The molecule has 0 radical (unpaired) electrons. The maximum absolute atomic E-state index is 10.3. The van der Waals surface area contributed by atoms with E-state index in [2.05, 4.69) is 22.3 Å². The number of thiazole rings is 1. The number of likely N-dealkylation sites (tertiary alicyclic amines) is 1. The summed E-state index contributed by atoms with van der Waals surface area (Å²) in [6, 6.07) is 0. The molecule has 0 saturated carbocycles. The summed E-state index contributed by atoms with van der Waals surface area (Å²) in [4.78, 5) is 17.2. The Hall–Kier alpha value is -1.20. The number of aliphatic carboxylic acids is 1. The SMILES string of the molecule is CN1CCC(c2csc(C/C=C/C(=O)O)n2)C1. The number of hydrogen-bond donors (Lipinski definition) is 1. The lowest BCUT2D eigenvalue weighted by Gasteiger charge is -2.06. The smallest absolute Gasteiger partial charge is 0.327 e. The molecule has 1 unspecified atom stereocenters. The molecule has 0 bridgehead atoms. The summed E-state index contributed by atoms with van der Waals surface area (Å²) in [5.41, 5.74) is 1.16. The number of aromatic nitrogens is 1. The van der Waals surface area contributed by atoms with E-state index in [1.54, 1.807) is 17.4 Å². The van der Waals surface area contributed by atoms with Crippen LogP contribution in [0.25, 0.3) is 0 Å². The van der Waals surface area contributed by atoms with Crippen molar-refractivity contribution < 1.29 is 9.90 Å². The van der Waals surface area contributed by atoms with Gasteiger partial charge in [-0.15, -0.1) is 11.3 Å². The Bertz CT molecular complexity index is 428. The molecule has 0 amide bonds. The number of carboxylic acids is 1. The fourth-order valence-electron chi connectivity index (χ4n) is 2.04. The van der Waals surface area contributed by atoms with Crippen LogP contribution in [0.15, 0.2) is 17.5 Å². The van der Waals surface area contributed by atoms with Gasteiger partial charge in [-0.2, -0.15) is 0 Å². The van der Waals surface area contributed by atoms with Crippen LogP contribution in [0.3, 0.4) is 0 Å². The second-order valence-electron chi connectivity index (χ2n) is 4.36. The van der Waals surface area contributed by atoms with Crippen LogP contribution in [0.1, 0.15) is 23.0 Å². The van der Waals surface area contributed by atoms with Gasteiger partial charge in [0.15, 0.2) is 0 Å².